The normalized spacial score (nSPS) is 28.2. The van der Waals surface area contributed by atoms with Gasteiger partial charge in [-0.1, -0.05) is 12.2 Å². The van der Waals surface area contributed by atoms with Gasteiger partial charge in [0.15, 0.2) is 0 Å². The second kappa shape index (κ2) is 4.08. The molecule has 0 N–H and O–H groups in total. The van der Waals surface area contributed by atoms with E-state index in [1.807, 2.05) is 12.2 Å². The van der Waals surface area contributed by atoms with E-state index in [0.717, 1.165) is 0 Å². The van der Waals surface area contributed by atoms with Gasteiger partial charge in [0.1, 0.15) is 0 Å². The van der Waals surface area contributed by atoms with Gasteiger partial charge < -0.3 is 4.74 Å². The fraction of sp³-hybridized carbons (Fsp3) is 0.545. The van der Waals surface area contributed by atoms with Crippen LogP contribution in [0.3, 0.4) is 0 Å². The maximum Gasteiger partial charge on any atom is 0.423 e. The van der Waals surface area contributed by atoms with Gasteiger partial charge in [-0.25, -0.2) is 4.79 Å². The van der Waals surface area contributed by atoms with E-state index in [9.17, 15) is 14.4 Å². The Balaban J connectivity index is 2.21. The summed E-state index contributed by atoms with van der Waals surface area (Å²) >= 11 is 0. The van der Waals surface area contributed by atoms with E-state index < -0.39 is 17.9 Å². The summed E-state index contributed by atoms with van der Waals surface area (Å²) in [4.78, 5) is 35.8. The molecule has 1 heterocycles. The molecule has 1 aliphatic heterocycles. The van der Waals surface area contributed by atoms with Crippen molar-refractivity contribution in [3.05, 3.63) is 12.2 Å². The molecule has 2 unspecified atom stereocenters. The van der Waals surface area contributed by atoms with E-state index in [1.54, 1.807) is 6.92 Å². The number of allylic oxidation sites excluding steroid dienone is 2. The van der Waals surface area contributed by atoms with Crippen LogP contribution in [-0.4, -0.2) is 29.4 Å². The minimum absolute atomic E-state index is 0.156. The summed E-state index contributed by atoms with van der Waals surface area (Å²) in [6.45, 7) is 1.79. The minimum Gasteiger partial charge on any atom is -0.449 e. The second-order valence-corrected chi connectivity index (χ2v) is 3.87. The van der Waals surface area contributed by atoms with Crippen molar-refractivity contribution in [2.75, 3.05) is 6.61 Å². The summed E-state index contributed by atoms with van der Waals surface area (Å²) in [6, 6.07) is 0. The van der Waals surface area contributed by atoms with Gasteiger partial charge in [-0.3, -0.25) is 9.59 Å². The topological polar surface area (TPSA) is 63.7 Å². The Morgan fingerprint density at radius 3 is 2.25 bits per heavy atom. The molecule has 2 aliphatic rings. The molecular weight excluding hydrogens is 210 g/mol. The Morgan fingerprint density at radius 1 is 1.31 bits per heavy atom. The third-order valence-corrected chi connectivity index (χ3v) is 2.96. The number of rotatable bonds is 1. The van der Waals surface area contributed by atoms with Gasteiger partial charge in [0.25, 0.3) is 0 Å². The van der Waals surface area contributed by atoms with Crippen molar-refractivity contribution in [1.29, 1.82) is 0 Å². The van der Waals surface area contributed by atoms with Crippen LogP contribution in [0.2, 0.25) is 0 Å². The molecule has 86 valence electrons. The molecule has 3 amide bonds. The third-order valence-electron chi connectivity index (χ3n) is 2.96. The van der Waals surface area contributed by atoms with E-state index in [2.05, 4.69) is 0 Å². The highest BCUT2D eigenvalue weighted by atomic mass is 16.6. The lowest BCUT2D eigenvalue weighted by atomic mass is 9.85. The summed E-state index contributed by atoms with van der Waals surface area (Å²) in [5, 5.41) is 0. The van der Waals surface area contributed by atoms with Crippen molar-refractivity contribution in [3.8, 4) is 0 Å². The summed E-state index contributed by atoms with van der Waals surface area (Å²) in [5.74, 6) is -1.58. The number of amides is 3. The van der Waals surface area contributed by atoms with Crippen molar-refractivity contribution in [2.45, 2.75) is 19.8 Å². The van der Waals surface area contributed by atoms with E-state index >= 15 is 0 Å². The Labute approximate surface area is 93.0 Å². The zero-order valence-corrected chi connectivity index (χ0v) is 9.01. The lowest BCUT2D eigenvalue weighted by Crippen LogP contribution is -2.37. The quantitative estimate of drug-likeness (QED) is 0.493. The van der Waals surface area contributed by atoms with Gasteiger partial charge in [-0.05, 0) is 19.8 Å². The lowest BCUT2D eigenvalue weighted by molar-refractivity contribution is -0.137. The van der Waals surface area contributed by atoms with Crippen molar-refractivity contribution in [3.63, 3.8) is 0 Å². The number of carbonyl (C=O) groups is 3. The second-order valence-electron chi connectivity index (χ2n) is 3.87. The van der Waals surface area contributed by atoms with Crippen LogP contribution in [0.25, 0.3) is 0 Å². The third kappa shape index (κ3) is 1.52. The average Bonchev–Trinajstić information content (AvgIpc) is 2.53. The van der Waals surface area contributed by atoms with Crippen molar-refractivity contribution in [1.82, 2.24) is 4.90 Å². The molecular formula is C11H13NO4. The number of ether oxygens (including phenoxy) is 1. The highest BCUT2D eigenvalue weighted by molar-refractivity contribution is 6.15. The molecule has 0 aromatic heterocycles. The zero-order chi connectivity index (χ0) is 11.7. The first-order valence-electron chi connectivity index (χ1n) is 5.36. The molecule has 0 radical (unpaired) electrons. The molecule has 0 spiro atoms. The van der Waals surface area contributed by atoms with Crippen LogP contribution in [0, 0.1) is 11.8 Å². The van der Waals surface area contributed by atoms with Gasteiger partial charge in [0.2, 0.25) is 11.8 Å². The molecule has 2 atom stereocenters. The maximum absolute atomic E-state index is 11.8. The van der Waals surface area contributed by atoms with E-state index in [4.69, 9.17) is 4.74 Å². The number of nitrogens with zero attached hydrogens (tertiary/aromatic N) is 1. The summed E-state index contributed by atoms with van der Waals surface area (Å²) in [6.07, 6.45) is 3.98. The molecule has 5 heteroatoms. The van der Waals surface area contributed by atoms with Crippen LogP contribution in [0.5, 0.6) is 0 Å². The van der Waals surface area contributed by atoms with Gasteiger partial charge in [-0.2, -0.15) is 4.90 Å². The number of hydrogen-bond acceptors (Lipinski definition) is 4. The Kier molecular flexibility index (Phi) is 2.77. The first-order valence-corrected chi connectivity index (χ1v) is 5.36. The smallest absolute Gasteiger partial charge is 0.423 e. The zero-order valence-electron chi connectivity index (χ0n) is 9.01. The monoisotopic (exact) mass is 223 g/mol. The minimum atomic E-state index is -0.841. The molecule has 0 bridgehead atoms. The van der Waals surface area contributed by atoms with Gasteiger partial charge >= 0.3 is 6.09 Å². The van der Waals surface area contributed by atoms with Crippen LogP contribution in [0.15, 0.2) is 12.2 Å². The van der Waals surface area contributed by atoms with Crippen molar-refractivity contribution >= 4 is 17.9 Å². The van der Waals surface area contributed by atoms with Crippen LogP contribution < -0.4 is 0 Å². The molecule has 0 aromatic carbocycles. The Hall–Kier alpha value is -1.65. The highest BCUT2D eigenvalue weighted by Crippen LogP contribution is 2.35. The van der Waals surface area contributed by atoms with Crippen LogP contribution in [0.1, 0.15) is 19.8 Å². The largest absolute Gasteiger partial charge is 0.449 e. The molecule has 1 fully saturated rings. The Bertz CT molecular complexity index is 348. The first kappa shape index (κ1) is 10.9. The molecule has 0 saturated carbocycles. The number of likely N-dealkylation sites (tertiary alicyclic amines) is 1. The predicted molar refractivity (Wildman–Crippen MR) is 54.2 cm³/mol. The number of hydrogen-bond donors (Lipinski definition) is 0. The van der Waals surface area contributed by atoms with Crippen molar-refractivity contribution in [2.24, 2.45) is 11.8 Å². The van der Waals surface area contributed by atoms with Crippen LogP contribution in [0.4, 0.5) is 4.79 Å². The number of carbonyl (C=O) groups excluding carboxylic acids is 3. The van der Waals surface area contributed by atoms with E-state index in [0.29, 0.717) is 17.7 Å². The molecule has 5 nitrogen and oxygen atoms in total. The number of fused-ring (bicyclic) bond motifs is 1. The average molecular weight is 223 g/mol. The maximum atomic E-state index is 11.8. The van der Waals surface area contributed by atoms with Crippen LogP contribution in [-0.2, 0) is 14.3 Å². The lowest BCUT2D eigenvalue weighted by Gasteiger charge is -2.14. The Morgan fingerprint density at radius 2 is 1.81 bits per heavy atom. The summed E-state index contributed by atoms with van der Waals surface area (Å²) in [7, 11) is 0. The predicted octanol–water partition coefficient (Wildman–Crippen LogP) is 1.09. The molecule has 16 heavy (non-hydrogen) atoms. The number of imide groups is 3. The summed E-state index contributed by atoms with van der Waals surface area (Å²) < 4.78 is 4.70. The first-order chi connectivity index (χ1) is 7.66. The molecule has 0 aromatic rings. The van der Waals surface area contributed by atoms with Gasteiger partial charge in [0.05, 0.1) is 18.4 Å². The molecule has 1 aliphatic carbocycles. The van der Waals surface area contributed by atoms with Crippen molar-refractivity contribution < 1.29 is 19.1 Å². The van der Waals surface area contributed by atoms with E-state index in [1.165, 1.54) is 0 Å². The van der Waals surface area contributed by atoms with Gasteiger partial charge in [0, 0.05) is 0 Å². The molecule has 2 rings (SSSR count). The van der Waals surface area contributed by atoms with Gasteiger partial charge in [-0.15, -0.1) is 0 Å². The summed E-state index contributed by atoms with van der Waals surface area (Å²) in [5.41, 5.74) is 0. The van der Waals surface area contributed by atoms with Crippen LogP contribution >= 0.6 is 0 Å². The van der Waals surface area contributed by atoms with E-state index in [-0.39, 0.29) is 18.4 Å². The fourth-order valence-electron chi connectivity index (χ4n) is 2.17. The fourth-order valence-corrected chi connectivity index (χ4v) is 2.17. The highest BCUT2D eigenvalue weighted by Gasteiger charge is 2.50. The SMILES string of the molecule is CCOC(=O)N1C(=O)C2CC=CCC2C1=O. The standard InChI is InChI=1S/C11H13NO4/c1-2-16-11(15)12-9(13)7-5-3-4-6-8(7)10(12)14/h3-4,7-8H,2,5-6H2,1H3. The molecule has 1 saturated heterocycles.